The molecule has 1 aromatic heterocycles. The molecular weight excluding hydrogens is 186 g/mol. The molecule has 3 heteroatoms. The molecule has 2 rings (SSSR count). The van der Waals surface area contributed by atoms with Crippen LogP contribution in [-0.4, -0.2) is 0 Å². The van der Waals surface area contributed by atoms with E-state index in [9.17, 15) is 0 Å². The second kappa shape index (κ2) is 3.21. The van der Waals surface area contributed by atoms with Crippen LogP contribution in [0.15, 0.2) is 36.4 Å². The third-order valence-electron chi connectivity index (χ3n) is 1.54. The molecule has 0 saturated carbocycles. The Morgan fingerprint density at radius 1 is 1.00 bits per heavy atom. The van der Waals surface area contributed by atoms with E-state index in [2.05, 4.69) is 12.1 Å². The van der Waals surface area contributed by atoms with Crippen LogP contribution in [0.3, 0.4) is 0 Å². The maximum absolute atomic E-state index is 7.39. The second-order valence-corrected chi connectivity index (χ2v) is 4.62. The van der Waals surface area contributed by atoms with Crippen molar-refractivity contribution in [1.82, 2.24) is 0 Å². The van der Waals surface area contributed by atoms with Gasteiger partial charge in [0.15, 0.2) is 0 Å². The SMILES string of the molecule is N=c1cc(-c2ccccc2)ss1. The fourth-order valence-corrected chi connectivity index (χ4v) is 2.93. The second-order valence-electron chi connectivity index (χ2n) is 2.41. The van der Waals surface area contributed by atoms with Gasteiger partial charge in [0.2, 0.25) is 0 Å². The molecule has 12 heavy (non-hydrogen) atoms. The molecule has 0 amide bonds. The minimum atomic E-state index is 0.638. The number of hydrogen-bond donors (Lipinski definition) is 1. The maximum Gasteiger partial charge on any atom is 0.119 e. The highest BCUT2D eigenvalue weighted by atomic mass is 32.9. The van der Waals surface area contributed by atoms with Crippen LogP contribution in [-0.2, 0) is 0 Å². The molecule has 1 aromatic carbocycles. The van der Waals surface area contributed by atoms with Crippen molar-refractivity contribution < 1.29 is 0 Å². The van der Waals surface area contributed by atoms with E-state index in [1.807, 2.05) is 24.3 Å². The van der Waals surface area contributed by atoms with Crippen LogP contribution in [0.5, 0.6) is 0 Å². The summed E-state index contributed by atoms with van der Waals surface area (Å²) in [7, 11) is 3.16. The third kappa shape index (κ3) is 1.47. The first-order valence-corrected chi connectivity index (χ1v) is 5.71. The molecule has 0 aliphatic rings. The molecule has 2 aromatic rings. The molecule has 1 heterocycles. The Hall–Kier alpha value is -0.930. The van der Waals surface area contributed by atoms with Gasteiger partial charge in [0, 0.05) is 4.88 Å². The first-order valence-electron chi connectivity index (χ1n) is 3.56. The van der Waals surface area contributed by atoms with Crippen molar-refractivity contribution in [1.29, 1.82) is 5.41 Å². The van der Waals surface area contributed by atoms with Crippen molar-refractivity contribution in [3.05, 3.63) is 41.1 Å². The van der Waals surface area contributed by atoms with E-state index in [1.165, 1.54) is 20.8 Å². The molecular formula is C9H7NS2. The molecule has 0 spiro atoms. The Balaban J connectivity index is 2.51. The van der Waals surface area contributed by atoms with E-state index >= 15 is 0 Å². The van der Waals surface area contributed by atoms with Crippen LogP contribution >= 0.6 is 20.7 Å². The minimum Gasteiger partial charge on any atom is -0.290 e. The molecule has 1 N–H and O–H groups in total. The number of nitrogens with one attached hydrogen (secondary N) is 1. The zero-order chi connectivity index (χ0) is 8.39. The van der Waals surface area contributed by atoms with Crippen molar-refractivity contribution in [2.45, 2.75) is 0 Å². The zero-order valence-electron chi connectivity index (χ0n) is 6.28. The lowest BCUT2D eigenvalue weighted by Gasteiger charge is -1.92. The maximum atomic E-state index is 7.39. The molecule has 0 radical (unpaired) electrons. The molecule has 0 atom stereocenters. The van der Waals surface area contributed by atoms with Crippen molar-refractivity contribution in [3.8, 4) is 10.4 Å². The summed E-state index contributed by atoms with van der Waals surface area (Å²) >= 11 is 0. The van der Waals surface area contributed by atoms with E-state index in [-0.39, 0.29) is 0 Å². The fraction of sp³-hybridized carbons (Fsp3) is 0. The topological polar surface area (TPSA) is 23.9 Å². The molecule has 0 bridgehead atoms. The lowest BCUT2D eigenvalue weighted by Crippen LogP contribution is -1.82. The number of hydrogen-bond acceptors (Lipinski definition) is 3. The van der Waals surface area contributed by atoms with Crippen LogP contribution in [0.25, 0.3) is 10.4 Å². The van der Waals surface area contributed by atoms with E-state index < -0.39 is 0 Å². The number of rotatable bonds is 1. The van der Waals surface area contributed by atoms with Gasteiger partial charge in [-0.3, -0.25) is 5.41 Å². The average molecular weight is 193 g/mol. The Bertz CT molecular complexity index is 413. The van der Waals surface area contributed by atoms with E-state index in [0.717, 1.165) is 0 Å². The van der Waals surface area contributed by atoms with E-state index in [1.54, 1.807) is 10.3 Å². The van der Waals surface area contributed by atoms with Gasteiger partial charge in [-0.15, -0.1) is 0 Å². The molecule has 0 unspecified atom stereocenters. The first-order chi connectivity index (χ1) is 5.86. The minimum absolute atomic E-state index is 0.638. The quantitative estimate of drug-likeness (QED) is 0.673. The van der Waals surface area contributed by atoms with Crippen molar-refractivity contribution in [2.24, 2.45) is 0 Å². The normalized spacial score (nSPS) is 10.0. The molecule has 0 saturated heterocycles. The highest BCUT2D eigenvalue weighted by molar-refractivity contribution is 7.69. The van der Waals surface area contributed by atoms with Crippen LogP contribution in [0.2, 0.25) is 0 Å². The summed E-state index contributed by atoms with van der Waals surface area (Å²) in [4.78, 5) is 1.19. The van der Waals surface area contributed by atoms with Gasteiger partial charge in [-0.05, 0) is 11.6 Å². The van der Waals surface area contributed by atoms with Gasteiger partial charge in [-0.25, -0.2) is 0 Å². The highest BCUT2D eigenvalue weighted by Gasteiger charge is 1.97. The summed E-state index contributed by atoms with van der Waals surface area (Å²) in [6.07, 6.45) is 0. The van der Waals surface area contributed by atoms with Crippen molar-refractivity contribution in [2.75, 3.05) is 0 Å². The first kappa shape index (κ1) is 7.71. The number of benzene rings is 1. The Morgan fingerprint density at radius 3 is 2.33 bits per heavy atom. The third-order valence-corrected chi connectivity index (χ3v) is 3.78. The van der Waals surface area contributed by atoms with Gasteiger partial charge in [-0.1, -0.05) is 51.0 Å². The summed E-state index contributed by atoms with van der Waals surface area (Å²) in [6.45, 7) is 0. The Morgan fingerprint density at radius 2 is 1.75 bits per heavy atom. The van der Waals surface area contributed by atoms with Gasteiger partial charge < -0.3 is 0 Å². The lowest BCUT2D eigenvalue weighted by atomic mass is 10.2. The van der Waals surface area contributed by atoms with E-state index in [0.29, 0.717) is 4.67 Å². The highest BCUT2D eigenvalue weighted by Crippen LogP contribution is 2.24. The Kier molecular flexibility index (Phi) is 2.06. The van der Waals surface area contributed by atoms with Gasteiger partial charge in [0.05, 0.1) is 0 Å². The largest absolute Gasteiger partial charge is 0.290 e. The van der Waals surface area contributed by atoms with Gasteiger partial charge >= 0.3 is 0 Å². The van der Waals surface area contributed by atoms with Gasteiger partial charge in [0.25, 0.3) is 0 Å². The summed E-state index contributed by atoms with van der Waals surface area (Å²) in [6, 6.07) is 12.1. The standard InChI is InChI=1S/C9H7NS2/c10-9-6-8(11-12-9)7-4-2-1-3-5-7/h1-6,10H. The average Bonchev–Trinajstić information content (AvgIpc) is 2.54. The van der Waals surface area contributed by atoms with Crippen LogP contribution < -0.4 is 4.67 Å². The Labute approximate surface area is 77.8 Å². The lowest BCUT2D eigenvalue weighted by molar-refractivity contribution is 1.36. The van der Waals surface area contributed by atoms with Crippen molar-refractivity contribution >= 4 is 20.7 Å². The van der Waals surface area contributed by atoms with Crippen LogP contribution in [0, 0.1) is 5.41 Å². The summed E-state index contributed by atoms with van der Waals surface area (Å²) in [5, 5.41) is 7.39. The molecule has 60 valence electrons. The molecule has 0 aliphatic carbocycles. The monoisotopic (exact) mass is 193 g/mol. The summed E-state index contributed by atoms with van der Waals surface area (Å²) < 4.78 is 0.638. The van der Waals surface area contributed by atoms with E-state index in [4.69, 9.17) is 5.41 Å². The van der Waals surface area contributed by atoms with Crippen LogP contribution in [0.4, 0.5) is 0 Å². The summed E-state index contributed by atoms with van der Waals surface area (Å²) in [5.74, 6) is 0. The van der Waals surface area contributed by atoms with Gasteiger partial charge in [0.1, 0.15) is 4.67 Å². The fourth-order valence-electron chi connectivity index (χ4n) is 0.991. The predicted molar refractivity (Wildman–Crippen MR) is 53.5 cm³/mol. The molecule has 0 aliphatic heterocycles. The summed E-state index contributed by atoms with van der Waals surface area (Å²) in [5.41, 5.74) is 1.21. The van der Waals surface area contributed by atoms with Crippen molar-refractivity contribution in [3.63, 3.8) is 0 Å². The smallest absolute Gasteiger partial charge is 0.119 e. The molecule has 0 fully saturated rings. The zero-order valence-corrected chi connectivity index (χ0v) is 7.91. The predicted octanol–water partition coefficient (Wildman–Crippen LogP) is 2.96. The van der Waals surface area contributed by atoms with Gasteiger partial charge in [-0.2, -0.15) is 0 Å². The van der Waals surface area contributed by atoms with Crippen LogP contribution in [0.1, 0.15) is 0 Å². The molecule has 1 nitrogen and oxygen atoms in total.